The van der Waals surface area contributed by atoms with E-state index in [-0.39, 0.29) is 41.7 Å². The number of nitrogens with one attached hydrogen (secondary N) is 1. The summed E-state index contributed by atoms with van der Waals surface area (Å²) in [6.07, 6.45) is 13.4. The summed E-state index contributed by atoms with van der Waals surface area (Å²) >= 11 is 0. The van der Waals surface area contributed by atoms with Gasteiger partial charge in [0.1, 0.15) is 11.9 Å². The number of benzene rings is 1. The van der Waals surface area contributed by atoms with Crippen molar-refractivity contribution < 1.29 is 24.2 Å². The van der Waals surface area contributed by atoms with Gasteiger partial charge in [0.05, 0.1) is 7.11 Å². The van der Waals surface area contributed by atoms with Crippen LogP contribution in [0.2, 0.25) is 0 Å². The number of methoxy groups -OCH3 is 1. The number of carbonyl (C=O) groups excluding carboxylic acids is 2. The maximum absolute atomic E-state index is 13.6. The van der Waals surface area contributed by atoms with E-state index in [4.69, 9.17) is 9.47 Å². The number of rotatable bonds is 6. The van der Waals surface area contributed by atoms with Crippen molar-refractivity contribution in [3.63, 3.8) is 0 Å². The van der Waals surface area contributed by atoms with Gasteiger partial charge in [-0.05, 0) is 47.6 Å². The van der Waals surface area contributed by atoms with E-state index in [1.54, 1.807) is 27.7 Å². The molecule has 0 saturated carbocycles. The van der Waals surface area contributed by atoms with Crippen LogP contribution < -0.4 is 4.74 Å². The Hall–Kier alpha value is -2.58. The quantitative estimate of drug-likeness (QED) is 0.304. The molecule has 0 bridgehead atoms. The molecular weight excluding hydrogens is 518 g/mol. The molecule has 6 atom stereocenters. The monoisotopic (exact) mass is 555 g/mol. The highest BCUT2D eigenvalue weighted by Gasteiger charge is 2.37. The smallest absolute Gasteiger partial charge is 0.302 e. The maximum atomic E-state index is 13.6. The van der Waals surface area contributed by atoms with Crippen molar-refractivity contribution in [2.75, 3.05) is 18.6 Å². The summed E-state index contributed by atoms with van der Waals surface area (Å²) in [5, 5.41) is 10.1. The van der Waals surface area contributed by atoms with Gasteiger partial charge in [0.25, 0.3) is 0 Å². The van der Waals surface area contributed by atoms with Gasteiger partial charge in [0.2, 0.25) is 0 Å². The first kappa shape index (κ1) is 28.4. The molecule has 6 nitrogen and oxygen atoms in total. The molecule has 2 aliphatic rings. The number of aromatic amines is 1. The minimum atomic E-state index is -0.509. The van der Waals surface area contributed by atoms with Crippen LogP contribution in [0.4, 0.5) is 0 Å². The van der Waals surface area contributed by atoms with Crippen molar-refractivity contribution >= 4 is 33.3 Å². The maximum Gasteiger partial charge on any atom is 0.302 e. The van der Waals surface area contributed by atoms with E-state index in [1.165, 1.54) is 19.6 Å². The third-order valence-corrected chi connectivity index (χ3v) is 10.2. The molecule has 2 N–H and O–H groups in total. The summed E-state index contributed by atoms with van der Waals surface area (Å²) in [7, 11) is 5.10. The highest BCUT2D eigenvalue weighted by Crippen LogP contribution is 2.44. The zero-order chi connectivity index (χ0) is 27.1. The van der Waals surface area contributed by atoms with E-state index in [9.17, 15) is 14.7 Å². The molecule has 4 rings (SSSR count). The molecule has 38 heavy (non-hydrogen) atoms. The number of esters is 1. The fraction of sp³-hybridized carbons (Fsp3) is 0.467. The van der Waals surface area contributed by atoms with Crippen LogP contribution in [0.15, 0.2) is 61.0 Å². The zero-order valence-electron chi connectivity index (χ0n) is 22.2. The summed E-state index contributed by atoms with van der Waals surface area (Å²) < 4.78 is 11.3. The normalized spacial score (nSPS) is 28.4. The third-order valence-electron chi connectivity index (χ3n) is 7.64. The van der Waals surface area contributed by atoms with Crippen LogP contribution in [-0.2, 0) is 14.3 Å². The number of ketones is 1. The number of hydrogen-bond donors (Lipinski definition) is 2. The first-order valence-electron chi connectivity index (χ1n) is 13.1. The number of phenolic OH excluding ortho intramolecular Hbond substituents is 1. The van der Waals surface area contributed by atoms with Gasteiger partial charge in [0.15, 0.2) is 11.5 Å². The first-order valence-corrected chi connectivity index (χ1v) is 15.6. The largest absolute Gasteiger partial charge is 0.504 e. The van der Waals surface area contributed by atoms with Crippen molar-refractivity contribution in [2.24, 2.45) is 17.8 Å². The second kappa shape index (κ2) is 13.5. The van der Waals surface area contributed by atoms with E-state index in [2.05, 4.69) is 42.3 Å². The van der Waals surface area contributed by atoms with Crippen molar-refractivity contribution in [3.05, 3.63) is 72.1 Å². The number of allylic oxidation sites excluding steroid dienone is 4. The molecule has 204 valence electrons. The average Bonchev–Trinajstić information content (AvgIpc) is 3.41. The van der Waals surface area contributed by atoms with Crippen molar-refractivity contribution in [1.82, 2.24) is 4.98 Å². The molecule has 1 saturated heterocycles. The molecule has 2 aromatic rings. The van der Waals surface area contributed by atoms with E-state index >= 15 is 0 Å². The SMILES string of the molecule is COc1cc(C2CSSCC(c3cc[nH]c3)C(CC3C=CC=CC3C)C(OC(C)=O)CC(=O)C2)ccc1O. The number of carbonyl (C=O) groups is 2. The number of ether oxygens (including phenoxy) is 2. The van der Waals surface area contributed by atoms with Gasteiger partial charge in [0, 0.05) is 61.4 Å². The molecule has 1 aliphatic carbocycles. The second-order valence-corrected chi connectivity index (χ2v) is 12.8. The lowest BCUT2D eigenvalue weighted by molar-refractivity contribution is -0.151. The van der Waals surface area contributed by atoms with Crippen molar-refractivity contribution in [1.29, 1.82) is 0 Å². The van der Waals surface area contributed by atoms with Crippen LogP contribution >= 0.6 is 21.6 Å². The van der Waals surface area contributed by atoms with Crippen LogP contribution in [0.25, 0.3) is 0 Å². The molecule has 2 heterocycles. The molecular formula is C30H37NO5S2. The Morgan fingerprint density at radius 1 is 1.11 bits per heavy atom. The number of Topliss-reactive ketones (excluding diaryl/α,β-unsaturated/α-hetero) is 1. The van der Waals surface area contributed by atoms with Crippen LogP contribution in [-0.4, -0.2) is 46.6 Å². The molecule has 1 aromatic heterocycles. The Balaban J connectivity index is 1.66. The summed E-state index contributed by atoms with van der Waals surface area (Å²) in [4.78, 5) is 29.1. The minimum Gasteiger partial charge on any atom is -0.504 e. The topological polar surface area (TPSA) is 88.6 Å². The zero-order valence-corrected chi connectivity index (χ0v) is 23.8. The molecule has 0 amide bonds. The highest BCUT2D eigenvalue weighted by molar-refractivity contribution is 8.76. The molecule has 1 aromatic carbocycles. The van der Waals surface area contributed by atoms with Gasteiger partial charge in [-0.15, -0.1) is 0 Å². The molecule has 1 fully saturated rings. The Bertz CT molecular complexity index is 1150. The summed E-state index contributed by atoms with van der Waals surface area (Å²) in [5.41, 5.74) is 2.13. The lowest BCUT2D eigenvalue weighted by atomic mass is 9.73. The summed E-state index contributed by atoms with van der Waals surface area (Å²) in [5.74, 6) is 2.52. The molecule has 1 aliphatic heterocycles. The van der Waals surface area contributed by atoms with E-state index in [0.717, 1.165) is 23.5 Å². The predicted octanol–water partition coefficient (Wildman–Crippen LogP) is 6.66. The van der Waals surface area contributed by atoms with Gasteiger partial charge >= 0.3 is 5.97 Å². The summed E-state index contributed by atoms with van der Waals surface area (Å²) in [6.45, 7) is 3.65. The van der Waals surface area contributed by atoms with E-state index < -0.39 is 6.10 Å². The van der Waals surface area contributed by atoms with Crippen LogP contribution in [0, 0.1) is 17.8 Å². The van der Waals surface area contributed by atoms with Crippen molar-refractivity contribution in [2.45, 2.75) is 51.0 Å². The average molecular weight is 556 g/mol. The van der Waals surface area contributed by atoms with E-state index in [0.29, 0.717) is 24.0 Å². The third kappa shape index (κ3) is 7.29. The summed E-state index contributed by atoms with van der Waals surface area (Å²) in [6, 6.07) is 7.40. The van der Waals surface area contributed by atoms with Crippen LogP contribution in [0.3, 0.4) is 0 Å². The molecule has 8 heteroatoms. The van der Waals surface area contributed by atoms with Crippen molar-refractivity contribution in [3.8, 4) is 11.5 Å². The standard InChI is InChI=1S/C30H37NO5S2/c1-19-6-4-5-7-21(19)13-26-27(23-10-11-31-16-23)18-38-37-17-24(12-25(33)15-29(26)36-20(2)32)22-8-9-28(34)30(14-22)35-3/h4-11,14,16,19,21,24,26-27,29,31,34H,12-13,15,17-18H2,1-3H3. The molecule has 0 spiro atoms. The Kier molecular flexibility index (Phi) is 10.1. The Morgan fingerprint density at radius 2 is 1.89 bits per heavy atom. The van der Waals surface area contributed by atoms with Gasteiger partial charge in [-0.1, -0.05) is 58.9 Å². The molecule has 6 unspecified atom stereocenters. The van der Waals surface area contributed by atoms with Crippen LogP contribution in [0.1, 0.15) is 56.1 Å². The first-order chi connectivity index (χ1) is 18.4. The number of phenols is 1. The van der Waals surface area contributed by atoms with E-state index in [1.807, 2.05) is 24.5 Å². The lowest BCUT2D eigenvalue weighted by Crippen LogP contribution is -2.36. The minimum absolute atomic E-state index is 0.0133. The molecule has 0 radical (unpaired) electrons. The predicted molar refractivity (Wildman–Crippen MR) is 155 cm³/mol. The fourth-order valence-electron chi connectivity index (χ4n) is 5.53. The Morgan fingerprint density at radius 3 is 2.61 bits per heavy atom. The number of H-pyrrole nitrogens is 1. The number of aromatic nitrogens is 1. The van der Waals surface area contributed by atoms with Crippen LogP contribution in [0.5, 0.6) is 11.5 Å². The number of aromatic hydroxyl groups is 1. The fourth-order valence-corrected chi connectivity index (χ4v) is 8.29. The van der Waals surface area contributed by atoms with Gasteiger partial charge < -0.3 is 19.6 Å². The van der Waals surface area contributed by atoms with Gasteiger partial charge in [-0.2, -0.15) is 0 Å². The second-order valence-electron chi connectivity index (χ2n) is 10.2. The lowest BCUT2D eigenvalue weighted by Gasteiger charge is -2.36. The number of hydrogen-bond acceptors (Lipinski definition) is 7. The van der Waals surface area contributed by atoms with Gasteiger partial charge in [-0.25, -0.2) is 0 Å². The highest BCUT2D eigenvalue weighted by atomic mass is 33.1. The Labute approximate surface area is 233 Å². The van der Waals surface area contributed by atoms with Gasteiger partial charge in [-0.3, -0.25) is 9.59 Å².